The van der Waals surface area contributed by atoms with Crippen LogP contribution in [0.25, 0.3) is 22.3 Å². The molecule has 13 heteroatoms. The summed E-state index contributed by atoms with van der Waals surface area (Å²) in [6.07, 6.45) is 12.8. The summed E-state index contributed by atoms with van der Waals surface area (Å²) in [5.41, 5.74) is 2.71. The molecular weight excluding hydrogens is 450 g/mol. The van der Waals surface area contributed by atoms with E-state index < -0.39 is 10.0 Å². The molecule has 5 rings (SSSR count). The first-order chi connectivity index (χ1) is 15.4. The molecule has 4 aromatic heterocycles. The molecule has 0 atom stereocenters. The number of aromatic amines is 2. The smallest absolute Gasteiger partial charge is 0.235 e. The molecule has 1 aliphatic rings. The Kier molecular flexibility index (Phi) is 5.59. The average Bonchev–Trinajstić information content (AvgIpc) is 3.52. The van der Waals surface area contributed by atoms with Crippen molar-refractivity contribution in [3.05, 3.63) is 36.8 Å². The van der Waals surface area contributed by atoms with Crippen molar-refractivity contribution in [1.82, 2.24) is 39.9 Å². The van der Waals surface area contributed by atoms with Crippen molar-refractivity contribution in [1.29, 1.82) is 0 Å². The molecule has 0 aromatic carbocycles. The van der Waals surface area contributed by atoms with Crippen molar-refractivity contribution in [2.45, 2.75) is 42.7 Å². The highest BCUT2D eigenvalue weighted by Gasteiger charge is 2.24. The third-order valence-corrected chi connectivity index (χ3v) is 7.47. The summed E-state index contributed by atoms with van der Waals surface area (Å²) < 4.78 is 26.9. The van der Waals surface area contributed by atoms with Crippen LogP contribution in [0.3, 0.4) is 0 Å². The van der Waals surface area contributed by atoms with Gasteiger partial charge in [0.05, 0.1) is 29.9 Å². The van der Waals surface area contributed by atoms with Crippen LogP contribution in [0.5, 0.6) is 0 Å². The number of rotatable bonds is 7. The number of aromatic nitrogens is 8. The van der Waals surface area contributed by atoms with Crippen LogP contribution in [0.15, 0.2) is 31.0 Å². The van der Waals surface area contributed by atoms with E-state index in [1.807, 2.05) is 30.2 Å². The Bertz CT molecular complexity index is 1320. The van der Waals surface area contributed by atoms with Crippen molar-refractivity contribution in [3.8, 4) is 11.3 Å². The van der Waals surface area contributed by atoms with Crippen LogP contribution in [0.1, 0.15) is 37.5 Å². The molecule has 4 heterocycles. The van der Waals surface area contributed by atoms with Crippen molar-refractivity contribution < 1.29 is 8.42 Å². The lowest BCUT2D eigenvalue weighted by molar-refractivity contribution is 0.335. The molecule has 0 bridgehead atoms. The van der Waals surface area contributed by atoms with Crippen molar-refractivity contribution >= 4 is 38.8 Å². The molecule has 3 N–H and O–H groups in total. The maximum absolute atomic E-state index is 11.3. The van der Waals surface area contributed by atoms with Gasteiger partial charge in [-0.25, -0.2) is 18.4 Å². The number of hydrogen-bond donors (Lipinski definition) is 3. The second-order valence-corrected chi connectivity index (χ2v) is 10.9. The fourth-order valence-electron chi connectivity index (χ4n) is 4.02. The van der Waals surface area contributed by atoms with Crippen LogP contribution in [0.2, 0.25) is 0 Å². The minimum absolute atomic E-state index is 0.155. The molecule has 4 aromatic rings. The monoisotopic (exact) mass is 473 g/mol. The molecule has 32 heavy (non-hydrogen) atoms. The number of fused-ring (bicyclic) bond motifs is 1. The summed E-state index contributed by atoms with van der Waals surface area (Å²) in [7, 11) is -3.36. The van der Waals surface area contributed by atoms with E-state index in [2.05, 4.69) is 50.8 Å². The molecule has 1 fully saturated rings. The fourth-order valence-corrected chi connectivity index (χ4v) is 5.59. The molecule has 0 radical (unpaired) electrons. The summed E-state index contributed by atoms with van der Waals surface area (Å²) in [6, 6.07) is 2.36. The molecule has 0 amide bonds. The van der Waals surface area contributed by atoms with Crippen LogP contribution in [-0.4, -0.2) is 59.8 Å². The first kappa shape index (κ1) is 20.9. The molecular formula is C19H23N9O2S2. The quantitative estimate of drug-likeness (QED) is 0.371. The van der Waals surface area contributed by atoms with E-state index in [9.17, 15) is 8.42 Å². The summed E-state index contributed by atoms with van der Waals surface area (Å²) in [6.45, 7) is 0. The largest absolute Gasteiger partial charge is 0.346 e. The minimum atomic E-state index is -3.36. The lowest BCUT2D eigenvalue weighted by atomic mass is 9.95. The zero-order chi connectivity index (χ0) is 22.1. The summed E-state index contributed by atoms with van der Waals surface area (Å²) >= 11 is 1.82. The lowest BCUT2D eigenvalue weighted by Crippen LogP contribution is -2.20. The van der Waals surface area contributed by atoms with Gasteiger partial charge in [0, 0.05) is 28.6 Å². The number of nitrogens with one attached hydrogen (secondary N) is 3. The Morgan fingerprint density at radius 3 is 2.88 bits per heavy atom. The number of anilines is 1. The van der Waals surface area contributed by atoms with Gasteiger partial charge in [-0.05, 0) is 31.7 Å². The Morgan fingerprint density at radius 2 is 2.06 bits per heavy atom. The predicted molar refractivity (Wildman–Crippen MR) is 123 cm³/mol. The van der Waals surface area contributed by atoms with Crippen LogP contribution in [-0.2, 0) is 15.8 Å². The number of thioether (sulfide) groups is 1. The third-order valence-electron chi connectivity index (χ3n) is 5.52. The second-order valence-electron chi connectivity index (χ2n) is 7.91. The van der Waals surface area contributed by atoms with Gasteiger partial charge in [-0.2, -0.15) is 16.9 Å². The normalized spacial score (nSPS) is 19.4. The number of hydrogen-bond acceptors (Lipinski definition) is 8. The Hall–Kier alpha value is -2.93. The van der Waals surface area contributed by atoms with Crippen LogP contribution >= 0.6 is 11.8 Å². The Morgan fingerprint density at radius 1 is 1.22 bits per heavy atom. The van der Waals surface area contributed by atoms with Gasteiger partial charge in [-0.1, -0.05) is 0 Å². The van der Waals surface area contributed by atoms with E-state index in [-0.39, 0.29) is 5.95 Å². The molecule has 0 aliphatic heterocycles. The zero-order valence-corrected chi connectivity index (χ0v) is 19.0. The van der Waals surface area contributed by atoms with Gasteiger partial charge in [0.1, 0.15) is 17.8 Å². The predicted octanol–water partition coefficient (Wildman–Crippen LogP) is 2.73. The molecule has 11 nitrogen and oxygen atoms in total. The maximum atomic E-state index is 11.3. The van der Waals surface area contributed by atoms with E-state index >= 15 is 0 Å². The van der Waals surface area contributed by atoms with Crippen molar-refractivity contribution in [2.75, 3.05) is 11.0 Å². The number of sulfonamides is 1. The molecule has 1 aliphatic carbocycles. The minimum Gasteiger partial charge on any atom is -0.346 e. The highest BCUT2D eigenvalue weighted by Crippen LogP contribution is 2.36. The summed E-state index contributed by atoms with van der Waals surface area (Å²) in [5.74, 6) is 1.49. The highest BCUT2D eigenvalue weighted by atomic mass is 32.2. The molecule has 0 spiro atoms. The van der Waals surface area contributed by atoms with E-state index in [0.717, 1.165) is 54.2 Å². The molecule has 0 saturated heterocycles. The van der Waals surface area contributed by atoms with E-state index in [1.165, 1.54) is 0 Å². The zero-order valence-electron chi connectivity index (χ0n) is 17.4. The number of nitrogens with zero attached hydrogens (tertiary/aromatic N) is 6. The van der Waals surface area contributed by atoms with Gasteiger partial charge in [0.25, 0.3) is 0 Å². The third kappa shape index (κ3) is 4.63. The van der Waals surface area contributed by atoms with E-state index in [0.29, 0.717) is 22.9 Å². The lowest BCUT2D eigenvalue weighted by Gasteiger charge is -2.28. The van der Waals surface area contributed by atoms with Gasteiger partial charge in [-0.15, -0.1) is 10.2 Å². The Labute approximate surface area is 188 Å². The van der Waals surface area contributed by atoms with Crippen molar-refractivity contribution in [3.63, 3.8) is 0 Å². The van der Waals surface area contributed by atoms with Gasteiger partial charge >= 0.3 is 0 Å². The van der Waals surface area contributed by atoms with Crippen LogP contribution < -0.4 is 4.72 Å². The van der Waals surface area contributed by atoms with Crippen LogP contribution in [0.4, 0.5) is 5.95 Å². The molecule has 168 valence electrons. The first-order valence-corrected chi connectivity index (χ1v) is 13.2. The fraction of sp³-hybridized carbons (Fsp3) is 0.421. The molecule has 1 saturated carbocycles. The second kappa shape index (κ2) is 8.54. The summed E-state index contributed by atoms with van der Waals surface area (Å²) in [4.78, 5) is 14.7. The standard InChI is InChI=1S/C19H23N9O2S2/c1-32(29,30)27-19-24-16(25-26-19)10-31-14-4-2-13(3-5-14)28-9-12(8-23-28)17-15-6-7-20-18(15)22-11-21-17/h6-9,11,13-14H,2-5,10H2,1H3,(H,20,21,22)(H2,24,25,26,27). The van der Waals surface area contributed by atoms with Crippen LogP contribution in [0, 0.1) is 0 Å². The van der Waals surface area contributed by atoms with Gasteiger partial charge < -0.3 is 9.97 Å². The van der Waals surface area contributed by atoms with E-state index in [1.54, 1.807) is 6.33 Å². The first-order valence-electron chi connectivity index (χ1n) is 10.3. The average molecular weight is 474 g/mol. The SMILES string of the molecule is CS(=O)(=O)Nc1nnc(CSC2CCC(n3cc(-c4ncnc5[nH]ccc45)cn3)CC2)[nH]1. The maximum Gasteiger partial charge on any atom is 0.235 e. The highest BCUT2D eigenvalue weighted by molar-refractivity contribution is 7.99. The van der Waals surface area contributed by atoms with E-state index in [4.69, 9.17) is 0 Å². The van der Waals surface area contributed by atoms with Gasteiger partial charge in [0.15, 0.2) is 0 Å². The summed E-state index contributed by atoms with van der Waals surface area (Å²) in [5, 5.41) is 14.0. The van der Waals surface area contributed by atoms with Gasteiger partial charge in [0.2, 0.25) is 16.0 Å². The van der Waals surface area contributed by atoms with Gasteiger partial charge in [-0.3, -0.25) is 9.40 Å². The Balaban J connectivity index is 1.16. The topological polar surface area (TPSA) is 147 Å². The molecule has 0 unspecified atom stereocenters. The van der Waals surface area contributed by atoms with Crippen molar-refractivity contribution in [2.24, 2.45) is 0 Å². The number of H-pyrrole nitrogens is 2.